The average molecular weight is 370 g/mol. The highest BCUT2D eigenvalue weighted by Gasteiger charge is 2.35. The lowest BCUT2D eigenvalue weighted by atomic mass is 10.1. The highest BCUT2D eigenvalue weighted by Crippen LogP contribution is 2.38. The van der Waals surface area contributed by atoms with Gasteiger partial charge in [0.25, 0.3) is 6.43 Å². The number of carbonyl (C=O) groups excluding carboxylic acids is 1. The second-order valence-corrected chi connectivity index (χ2v) is 4.79. The summed E-state index contributed by atoms with van der Waals surface area (Å²) in [6.07, 6.45) is -7.82. The van der Waals surface area contributed by atoms with Crippen LogP contribution in [0, 0.1) is 0 Å². The zero-order chi connectivity index (χ0) is 19.0. The van der Waals surface area contributed by atoms with Crippen LogP contribution in [-0.4, -0.2) is 36.7 Å². The molecule has 0 atom stereocenters. The summed E-state index contributed by atoms with van der Waals surface area (Å²) >= 11 is 0. The molecule has 0 heterocycles. The Hall–Kier alpha value is -2.59. The summed E-state index contributed by atoms with van der Waals surface area (Å²) in [5.74, 6) is -1.82. The van der Waals surface area contributed by atoms with Gasteiger partial charge >= 0.3 is 18.2 Å². The Bertz CT molecular complexity index is 607. The number of hydrogen-bond donors (Lipinski definition) is 3. The SMILES string of the molecule is O=C(O)CCCNC(=O)Nc1ccc(OCC(F)F)c(C(F)(F)F)c1. The first-order valence-electron chi connectivity index (χ1n) is 6.98. The van der Waals surface area contributed by atoms with Gasteiger partial charge in [0, 0.05) is 18.7 Å². The fraction of sp³-hybridized carbons (Fsp3) is 0.429. The first-order valence-corrected chi connectivity index (χ1v) is 6.98. The number of urea groups is 1. The maximum atomic E-state index is 13.0. The van der Waals surface area contributed by atoms with Crippen LogP contribution in [0.1, 0.15) is 18.4 Å². The van der Waals surface area contributed by atoms with Crippen molar-refractivity contribution >= 4 is 17.7 Å². The first-order chi connectivity index (χ1) is 11.6. The Balaban J connectivity index is 2.74. The van der Waals surface area contributed by atoms with Crippen molar-refractivity contribution in [1.29, 1.82) is 0 Å². The molecule has 140 valence electrons. The van der Waals surface area contributed by atoms with Gasteiger partial charge in [0.15, 0.2) is 0 Å². The summed E-state index contributed by atoms with van der Waals surface area (Å²) in [4.78, 5) is 21.8. The van der Waals surface area contributed by atoms with Crippen LogP contribution >= 0.6 is 0 Å². The van der Waals surface area contributed by atoms with Gasteiger partial charge in [-0.2, -0.15) is 13.2 Å². The van der Waals surface area contributed by atoms with E-state index in [9.17, 15) is 31.5 Å². The van der Waals surface area contributed by atoms with Crippen LogP contribution in [0.25, 0.3) is 0 Å². The van der Waals surface area contributed by atoms with Crippen molar-refractivity contribution in [1.82, 2.24) is 5.32 Å². The number of rotatable bonds is 8. The molecule has 0 aliphatic rings. The lowest BCUT2D eigenvalue weighted by Crippen LogP contribution is -2.30. The Labute approximate surface area is 139 Å². The Morgan fingerprint density at radius 1 is 1.24 bits per heavy atom. The molecule has 1 aromatic rings. The number of halogens is 5. The van der Waals surface area contributed by atoms with E-state index in [1.54, 1.807) is 0 Å². The van der Waals surface area contributed by atoms with Gasteiger partial charge in [0.2, 0.25) is 0 Å². The number of ether oxygens (including phenoxy) is 1. The molecule has 0 saturated heterocycles. The normalized spacial score (nSPS) is 11.3. The van der Waals surface area contributed by atoms with Gasteiger partial charge in [-0.15, -0.1) is 0 Å². The van der Waals surface area contributed by atoms with Gasteiger partial charge in [0.05, 0.1) is 5.56 Å². The van der Waals surface area contributed by atoms with Crippen molar-refractivity contribution in [2.24, 2.45) is 0 Å². The van der Waals surface area contributed by atoms with Crippen molar-refractivity contribution in [3.63, 3.8) is 0 Å². The standard InChI is InChI=1S/C14H15F5N2O4/c15-11(16)7-25-10-4-3-8(6-9(10)14(17,18)19)21-13(24)20-5-1-2-12(22)23/h3-4,6,11H,1-2,5,7H2,(H,22,23)(H2,20,21,24). The average Bonchev–Trinajstić information content (AvgIpc) is 2.49. The molecule has 1 rings (SSSR count). The third kappa shape index (κ3) is 7.68. The van der Waals surface area contributed by atoms with Gasteiger partial charge in [-0.3, -0.25) is 4.79 Å². The second kappa shape index (κ2) is 9.04. The number of anilines is 1. The Morgan fingerprint density at radius 2 is 1.92 bits per heavy atom. The van der Waals surface area contributed by atoms with E-state index in [-0.39, 0.29) is 25.1 Å². The molecule has 0 aliphatic heterocycles. The highest BCUT2D eigenvalue weighted by molar-refractivity contribution is 5.89. The number of nitrogens with one attached hydrogen (secondary N) is 2. The first kappa shape index (κ1) is 20.5. The molecule has 0 radical (unpaired) electrons. The van der Waals surface area contributed by atoms with E-state index in [4.69, 9.17) is 5.11 Å². The molecule has 0 fully saturated rings. The van der Waals surface area contributed by atoms with Crippen LogP contribution in [0.3, 0.4) is 0 Å². The zero-order valence-electron chi connectivity index (χ0n) is 12.7. The number of hydrogen-bond acceptors (Lipinski definition) is 3. The second-order valence-electron chi connectivity index (χ2n) is 4.79. The smallest absolute Gasteiger partial charge is 0.420 e. The van der Waals surface area contributed by atoms with Crippen LogP contribution in [-0.2, 0) is 11.0 Å². The highest BCUT2D eigenvalue weighted by atomic mass is 19.4. The molecule has 1 aromatic carbocycles. The predicted molar refractivity (Wildman–Crippen MR) is 76.8 cm³/mol. The van der Waals surface area contributed by atoms with Crippen LogP contribution in [0.15, 0.2) is 18.2 Å². The summed E-state index contributed by atoms with van der Waals surface area (Å²) in [6.45, 7) is -1.18. The van der Waals surface area contributed by atoms with Gasteiger partial charge in [-0.1, -0.05) is 0 Å². The molecule has 6 nitrogen and oxygen atoms in total. The van der Waals surface area contributed by atoms with E-state index in [2.05, 4.69) is 15.4 Å². The molecule has 0 aromatic heterocycles. The molecule has 3 N–H and O–H groups in total. The number of aliphatic carboxylic acids is 1. The number of carboxylic acid groups (broad SMARTS) is 1. The van der Waals surface area contributed by atoms with E-state index in [1.165, 1.54) is 0 Å². The van der Waals surface area contributed by atoms with Crippen molar-refractivity contribution < 1.29 is 41.4 Å². The lowest BCUT2D eigenvalue weighted by Gasteiger charge is -2.15. The molecule has 0 aliphatic carbocycles. The number of benzene rings is 1. The fourth-order valence-electron chi connectivity index (χ4n) is 1.72. The third-order valence-corrected chi connectivity index (χ3v) is 2.76. The quantitative estimate of drug-likeness (QED) is 0.484. The molecule has 0 saturated carbocycles. The summed E-state index contributed by atoms with van der Waals surface area (Å²) in [7, 11) is 0. The minimum Gasteiger partial charge on any atom is -0.487 e. The molecule has 0 bridgehead atoms. The minimum atomic E-state index is -4.87. The van der Waals surface area contributed by atoms with Crippen molar-refractivity contribution in [3.8, 4) is 5.75 Å². The maximum Gasteiger partial charge on any atom is 0.420 e. The Morgan fingerprint density at radius 3 is 2.48 bits per heavy atom. The van der Waals surface area contributed by atoms with Crippen LogP contribution in [0.2, 0.25) is 0 Å². The van der Waals surface area contributed by atoms with Crippen LogP contribution in [0.5, 0.6) is 5.75 Å². The van der Waals surface area contributed by atoms with Crippen molar-refractivity contribution in [3.05, 3.63) is 23.8 Å². The van der Waals surface area contributed by atoms with E-state index in [1.807, 2.05) is 0 Å². The topological polar surface area (TPSA) is 87.7 Å². The number of alkyl halides is 5. The third-order valence-electron chi connectivity index (χ3n) is 2.76. The summed E-state index contributed by atoms with van der Waals surface area (Å²) < 4.78 is 67.5. The Kier molecular flexibility index (Phi) is 7.40. The lowest BCUT2D eigenvalue weighted by molar-refractivity contribution is -0.139. The van der Waals surface area contributed by atoms with Crippen LogP contribution in [0.4, 0.5) is 32.4 Å². The van der Waals surface area contributed by atoms with Gasteiger partial charge in [-0.05, 0) is 24.6 Å². The predicted octanol–water partition coefficient (Wildman–Crippen LogP) is 3.34. The van der Waals surface area contributed by atoms with Gasteiger partial charge < -0.3 is 20.5 Å². The summed E-state index contributed by atoms with van der Waals surface area (Å²) in [5, 5.41) is 12.8. The summed E-state index contributed by atoms with van der Waals surface area (Å²) in [6, 6.07) is 1.61. The van der Waals surface area contributed by atoms with E-state index >= 15 is 0 Å². The maximum absolute atomic E-state index is 13.0. The molecular weight excluding hydrogens is 355 g/mol. The van der Waals surface area contributed by atoms with E-state index in [0.717, 1.165) is 12.1 Å². The molecule has 11 heteroatoms. The van der Waals surface area contributed by atoms with E-state index < -0.39 is 42.5 Å². The number of carbonyl (C=O) groups is 2. The van der Waals surface area contributed by atoms with E-state index in [0.29, 0.717) is 6.07 Å². The minimum absolute atomic E-state index is 0.0137. The summed E-state index contributed by atoms with van der Waals surface area (Å²) in [5.41, 5.74) is -1.54. The zero-order valence-corrected chi connectivity index (χ0v) is 12.7. The molecule has 2 amide bonds. The van der Waals surface area contributed by atoms with Gasteiger partial charge in [-0.25, -0.2) is 13.6 Å². The molecule has 0 spiro atoms. The molecule has 25 heavy (non-hydrogen) atoms. The fourth-order valence-corrected chi connectivity index (χ4v) is 1.72. The monoisotopic (exact) mass is 370 g/mol. The number of amides is 2. The van der Waals surface area contributed by atoms with Gasteiger partial charge in [0.1, 0.15) is 12.4 Å². The molecule has 0 unspecified atom stereocenters. The van der Waals surface area contributed by atoms with Crippen molar-refractivity contribution in [2.45, 2.75) is 25.4 Å². The van der Waals surface area contributed by atoms with Crippen molar-refractivity contribution in [2.75, 3.05) is 18.5 Å². The largest absolute Gasteiger partial charge is 0.487 e. The molecular formula is C14H15F5N2O4. The number of carboxylic acids is 1. The van der Waals surface area contributed by atoms with Crippen LogP contribution < -0.4 is 15.4 Å².